The van der Waals surface area contributed by atoms with Crippen LogP contribution < -0.4 is 4.74 Å². The molecule has 0 spiro atoms. The Kier molecular flexibility index (Phi) is 6.76. The molecule has 3 aliphatic rings. The highest BCUT2D eigenvalue weighted by atomic mass is 19.1. The minimum absolute atomic E-state index is 0.0310. The van der Waals surface area contributed by atoms with E-state index in [2.05, 4.69) is 6.92 Å². The fourth-order valence-electron chi connectivity index (χ4n) is 6.71. The Morgan fingerprint density at radius 3 is 2.53 bits per heavy atom. The fraction of sp³-hybridized carbons (Fsp3) is 0.692. The number of hydrogen-bond donors (Lipinski definition) is 0. The van der Waals surface area contributed by atoms with Crippen molar-refractivity contribution in [3.8, 4) is 11.8 Å². The summed E-state index contributed by atoms with van der Waals surface area (Å²) >= 11 is 0. The second-order valence-electron chi connectivity index (χ2n) is 9.93. The Morgan fingerprint density at radius 1 is 1.10 bits per heavy atom. The number of halogens is 1. The van der Waals surface area contributed by atoms with Crippen LogP contribution in [0.5, 0.6) is 5.75 Å². The highest BCUT2D eigenvalue weighted by molar-refractivity contribution is 5.75. The first-order valence-electron chi connectivity index (χ1n) is 12.0. The van der Waals surface area contributed by atoms with E-state index in [1.807, 2.05) is 0 Å². The molecule has 30 heavy (non-hydrogen) atoms. The number of ether oxygens (including phenoxy) is 1. The molecule has 1 aromatic carbocycles. The maximum atomic E-state index is 13.8. The quantitative estimate of drug-likeness (QED) is 0.402. The van der Waals surface area contributed by atoms with E-state index < -0.39 is 5.82 Å². The van der Waals surface area contributed by atoms with Gasteiger partial charge in [-0.3, -0.25) is 4.79 Å². The molecule has 0 aliphatic heterocycles. The minimum atomic E-state index is -0.639. The van der Waals surface area contributed by atoms with Gasteiger partial charge in [0.05, 0.1) is 11.5 Å². The lowest BCUT2D eigenvalue weighted by Gasteiger charge is -2.50. The molecular formula is C26H34FNO2. The molecule has 4 heteroatoms. The number of nitrogens with zero attached hydrogens (tertiary/aromatic N) is 1. The SMILES string of the molecule is CCCCC1CCC2C(CC[C@@H]3C[C@H](C(=O)Oc4ccc(C#N)c(F)c4)CC[C@H]23)C1. The largest absolute Gasteiger partial charge is 0.426 e. The zero-order chi connectivity index (χ0) is 21.1. The van der Waals surface area contributed by atoms with E-state index in [0.29, 0.717) is 5.92 Å². The standard InChI is InChI=1S/C26H34FNO2/c1-2-3-4-17-5-11-23-18(13-17)6-7-19-14-20(9-12-24(19)23)26(29)30-22-10-8-21(16-28)25(27)15-22/h8,10,15,17-20,23-24H,2-7,9,11-14H2,1H3/t17?,18?,19-,20-,23?,24+/m1/s1. The van der Waals surface area contributed by atoms with Gasteiger partial charge in [-0.2, -0.15) is 5.26 Å². The lowest BCUT2D eigenvalue weighted by atomic mass is 9.55. The van der Waals surface area contributed by atoms with E-state index in [1.165, 1.54) is 63.5 Å². The van der Waals surface area contributed by atoms with Crippen molar-refractivity contribution in [2.75, 3.05) is 0 Å². The van der Waals surface area contributed by atoms with E-state index in [4.69, 9.17) is 10.00 Å². The Bertz CT molecular complexity index is 801. The summed E-state index contributed by atoms with van der Waals surface area (Å²) < 4.78 is 19.3. The topological polar surface area (TPSA) is 50.1 Å². The highest BCUT2D eigenvalue weighted by Gasteiger charge is 2.45. The second-order valence-corrected chi connectivity index (χ2v) is 9.93. The van der Waals surface area contributed by atoms with Crippen LogP contribution in [-0.4, -0.2) is 5.97 Å². The van der Waals surface area contributed by atoms with Crippen LogP contribution in [-0.2, 0) is 4.79 Å². The fourth-order valence-corrected chi connectivity index (χ4v) is 6.71. The van der Waals surface area contributed by atoms with E-state index in [1.54, 1.807) is 6.07 Å². The molecule has 0 saturated heterocycles. The molecule has 0 radical (unpaired) electrons. The average Bonchev–Trinajstić information content (AvgIpc) is 2.77. The van der Waals surface area contributed by atoms with Gasteiger partial charge in [-0.25, -0.2) is 4.39 Å². The molecule has 3 saturated carbocycles. The molecule has 0 N–H and O–H groups in total. The maximum absolute atomic E-state index is 13.8. The normalized spacial score (nSPS) is 33.1. The molecule has 3 nitrogen and oxygen atoms in total. The summed E-state index contributed by atoms with van der Waals surface area (Å²) in [6.45, 7) is 2.29. The van der Waals surface area contributed by atoms with Crippen molar-refractivity contribution < 1.29 is 13.9 Å². The van der Waals surface area contributed by atoms with E-state index >= 15 is 0 Å². The zero-order valence-electron chi connectivity index (χ0n) is 18.1. The van der Waals surface area contributed by atoms with Gasteiger partial charge in [0, 0.05) is 6.07 Å². The summed E-state index contributed by atoms with van der Waals surface area (Å²) in [5.41, 5.74) is -0.0310. The Hall–Kier alpha value is -1.89. The Labute approximate surface area is 180 Å². The lowest BCUT2D eigenvalue weighted by molar-refractivity contribution is -0.142. The summed E-state index contributed by atoms with van der Waals surface area (Å²) in [5, 5.41) is 8.84. The third kappa shape index (κ3) is 4.56. The summed E-state index contributed by atoms with van der Waals surface area (Å²) in [4.78, 5) is 12.7. The Morgan fingerprint density at radius 2 is 1.83 bits per heavy atom. The van der Waals surface area contributed by atoms with Crippen LogP contribution in [0.4, 0.5) is 4.39 Å². The van der Waals surface area contributed by atoms with Gasteiger partial charge in [-0.15, -0.1) is 0 Å². The minimum Gasteiger partial charge on any atom is -0.426 e. The van der Waals surface area contributed by atoms with Gasteiger partial charge in [-0.1, -0.05) is 32.6 Å². The predicted octanol–water partition coefficient (Wildman–Crippen LogP) is 6.65. The van der Waals surface area contributed by atoms with Crippen molar-refractivity contribution >= 4 is 5.97 Å². The van der Waals surface area contributed by atoms with E-state index in [9.17, 15) is 9.18 Å². The summed E-state index contributed by atoms with van der Waals surface area (Å²) in [6, 6.07) is 5.81. The van der Waals surface area contributed by atoms with Gasteiger partial charge in [0.25, 0.3) is 0 Å². The number of esters is 1. The van der Waals surface area contributed by atoms with Crippen LogP contribution in [0.3, 0.4) is 0 Å². The van der Waals surface area contributed by atoms with E-state index in [0.717, 1.165) is 49.0 Å². The first kappa shape index (κ1) is 21.3. The number of fused-ring (bicyclic) bond motifs is 3. The molecule has 1 aromatic rings. The number of benzene rings is 1. The number of carbonyl (C=O) groups excluding carboxylic acids is 1. The van der Waals surface area contributed by atoms with Gasteiger partial charge in [0.15, 0.2) is 0 Å². The molecule has 3 aliphatic carbocycles. The van der Waals surface area contributed by atoms with Crippen LogP contribution in [0, 0.1) is 52.7 Å². The maximum Gasteiger partial charge on any atom is 0.314 e. The molecule has 6 atom stereocenters. The Balaban J connectivity index is 1.32. The third-order valence-electron chi connectivity index (χ3n) is 8.23. The third-order valence-corrected chi connectivity index (χ3v) is 8.23. The summed E-state index contributed by atoms with van der Waals surface area (Å²) in [7, 11) is 0. The van der Waals surface area contributed by atoms with Gasteiger partial charge in [-0.05, 0) is 86.7 Å². The zero-order valence-corrected chi connectivity index (χ0v) is 18.1. The first-order valence-corrected chi connectivity index (χ1v) is 12.0. The highest BCUT2D eigenvalue weighted by Crippen LogP contribution is 2.54. The van der Waals surface area contributed by atoms with Gasteiger partial charge >= 0.3 is 5.97 Å². The molecule has 0 bridgehead atoms. The first-order chi connectivity index (χ1) is 14.6. The van der Waals surface area contributed by atoms with Crippen molar-refractivity contribution in [1.29, 1.82) is 5.26 Å². The van der Waals surface area contributed by atoms with Crippen LogP contribution in [0.1, 0.15) is 83.1 Å². The molecule has 0 amide bonds. The molecule has 3 unspecified atom stereocenters. The summed E-state index contributed by atoms with van der Waals surface area (Å²) in [6.07, 6.45) is 13.8. The van der Waals surface area contributed by atoms with Crippen molar-refractivity contribution in [3.63, 3.8) is 0 Å². The van der Waals surface area contributed by atoms with Crippen LogP contribution in [0.2, 0.25) is 0 Å². The molecule has 162 valence electrons. The predicted molar refractivity (Wildman–Crippen MR) is 114 cm³/mol. The van der Waals surface area contributed by atoms with Crippen molar-refractivity contribution in [3.05, 3.63) is 29.6 Å². The number of nitriles is 1. The number of rotatable bonds is 5. The molecule has 0 aromatic heterocycles. The second kappa shape index (κ2) is 9.50. The van der Waals surface area contributed by atoms with Crippen LogP contribution in [0.15, 0.2) is 18.2 Å². The number of carbonyl (C=O) groups is 1. The smallest absolute Gasteiger partial charge is 0.314 e. The molecular weight excluding hydrogens is 377 g/mol. The van der Waals surface area contributed by atoms with Gasteiger partial charge < -0.3 is 4.74 Å². The van der Waals surface area contributed by atoms with Crippen LogP contribution in [0.25, 0.3) is 0 Å². The molecule has 4 rings (SSSR count). The van der Waals surface area contributed by atoms with E-state index in [-0.39, 0.29) is 23.2 Å². The summed E-state index contributed by atoms with van der Waals surface area (Å²) in [5.74, 6) is 3.40. The average molecular weight is 412 g/mol. The molecule has 0 heterocycles. The van der Waals surface area contributed by atoms with Crippen molar-refractivity contribution in [2.45, 2.75) is 77.6 Å². The lowest BCUT2D eigenvalue weighted by Crippen LogP contribution is -2.42. The van der Waals surface area contributed by atoms with Gasteiger partial charge in [0.1, 0.15) is 17.6 Å². The van der Waals surface area contributed by atoms with Gasteiger partial charge in [0.2, 0.25) is 0 Å². The monoisotopic (exact) mass is 411 g/mol. The van der Waals surface area contributed by atoms with Crippen LogP contribution >= 0.6 is 0 Å². The molecule has 3 fully saturated rings. The van der Waals surface area contributed by atoms with Crippen molar-refractivity contribution in [1.82, 2.24) is 0 Å². The number of hydrogen-bond acceptors (Lipinski definition) is 3. The number of unbranched alkanes of at least 4 members (excludes halogenated alkanes) is 1. The van der Waals surface area contributed by atoms with Crippen molar-refractivity contribution in [2.24, 2.45) is 35.5 Å².